The Morgan fingerprint density at radius 2 is 2.00 bits per heavy atom. The SMILES string of the molecule is CC1(C)COc2ccc(C(O)c3ccc(F)cc3Br)cc21. The molecule has 0 saturated carbocycles. The van der Waals surface area contributed by atoms with Crippen LogP contribution in [0.5, 0.6) is 5.75 Å². The standard InChI is InChI=1S/C17H16BrFO2/c1-17(2)9-21-15-6-3-10(7-13(15)17)16(20)12-5-4-11(19)8-14(12)18/h3-8,16,20H,9H2,1-2H3. The van der Waals surface area contributed by atoms with Crippen molar-refractivity contribution in [2.75, 3.05) is 6.61 Å². The monoisotopic (exact) mass is 350 g/mol. The lowest BCUT2D eigenvalue weighted by atomic mass is 9.85. The molecule has 0 radical (unpaired) electrons. The molecule has 1 N–H and O–H groups in total. The minimum absolute atomic E-state index is 0.0644. The molecular formula is C17H16BrFO2. The largest absolute Gasteiger partial charge is 0.492 e. The van der Waals surface area contributed by atoms with E-state index in [1.807, 2.05) is 18.2 Å². The van der Waals surface area contributed by atoms with Crippen LogP contribution in [-0.4, -0.2) is 11.7 Å². The fourth-order valence-corrected chi connectivity index (χ4v) is 3.18. The Bertz CT molecular complexity index is 697. The first kappa shape index (κ1) is 14.5. The van der Waals surface area contributed by atoms with Crippen LogP contribution in [0.1, 0.15) is 36.6 Å². The maximum atomic E-state index is 13.2. The molecule has 1 aliphatic rings. The van der Waals surface area contributed by atoms with Gasteiger partial charge in [-0.3, -0.25) is 0 Å². The van der Waals surface area contributed by atoms with Crippen molar-refractivity contribution < 1.29 is 14.2 Å². The second-order valence-corrected chi connectivity index (χ2v) is 6.85. The number of halogens is 2. The summed E-state index contributed by atoms with van der Waals surface area (Å²) >= 11 is 3.31. The van der Waals surface area contributed by atoms with E-state index in [4.69, 9.17) is 4.74 Å². The number of aliphatic hydroxyl groups excluding tert-OH is 1. The maximum absolute atomic E-state index is 13.2. The van der Waals surface area contributed by atoms with Gasteiger partial charge >= 0.3 is 0 Å². The molecule has 2 nitrogen and oxygen atoms in total. The fraction of sp³-hybridized carbons (Fsp3) is 0.294. The molecule has 0 saturated heterocycles. The average Bonchev–Trinajstić information content (AvgIpc) is 2.74. The highest BCUT2D eigenvalue weighted by atomic mass is 79.9. The number of aliphatic hydroxyl groups is 1. The third-order valence-corrected chi connectivity index (χ3v) is 4.58. The Morgan fingerprint density at radius 1 is 1.24 bits per heavy atom. The lowest BCUT2D eigenvalue weighted by Crippen LogP contribution is -2.18. The van der Waals surface area contributed by atoms with Crippen LogP contribution < -0.4 is 4.74 Å². The van der Waals surface area contributed by atoms with Crippen molar-refractivity contribution >= 4 is 15.9 Å². The molecule has 1 atom stereocenters. The molecule has 21 heavy (non-hydrogen) atoms. The molecular weight excluding hydrogens is 335 g/mol. The highest BCUT2D eigenvalue weighted by molar-refractivity contribution is 9.10. The average molecular weight is 351 g/mol. The minimum Gasteiger partial charge on any atom is -0.492 e. The minimum atomic E-state index is -0.804. The number of benzene rings is 2. The first-order valence-electron chi connectivity index (χ1n) is 6.79. The summed E-state index contributed by atoms with van der Waals surface area (Å²) in [5.74, 6) is 0.537. The predicted molar refractivity (Wildman–Crippen MR) is 83.1 cm³/mol. The Kier molecular flexibility index (Phi) is 3.54. The molecule has 0 aromatic heterocycles. The van der Waals surface area contributed by atoms with Gasteiger partial charge in [0.25, 0.3) is 0 Å². The van der Waals surface area contributed by atoms with Crippen LogP contribution in [0.4, 0.5) is 4.39 Å². The fourth-order valence-electron chi connectivity index (χ4n) is 2.61. The topological polar surface area (TPSA) is 29.5 Å². The highest BCUT2D eigenvalue weighted by Gasteiger charge is 2.32. The molecule has 3 rings (SSSR count). The van der Waals surface area contributed by atoms with Crippen LogP contribution in [0.2, 0.25) is 0 Å². The van der Waals surface area contributed by atoms with Gasteiger partial charge in [-0.2, -0.15) is 0 Å². The summed E-state index contributed by atoms with van der Waals surface area (Å²) in [4.78, 5) is 0. The van der Waals surface area contributed by atoms with Crippen LogP contribution in [0, 0.1) is 5.82 Å². The highest BCUT2D eigenvalue weighted by Crippen LogP contribution is 2.40. The van der Waals surface area contributed by atoms with E-state index in [1.165, 1.54) is 12.1 Å². The quantitative estimate of drug-likeness (QED) is 0.872. The number of hydrogen-bond acceptors (Lipinski definition) is 2. The first-order chi connectivity index (χ1) is 9.88. The molecule has 4 heteroatoms. The molecule has 110 valence electrons. The summed E-state index contributed by atoms with van der Waals surface area (Å²) in [6.07, 6.45) is -0.804. The summed E-state index contributed by atoms with van der Waals surface area (Å²) in [7, 11) is 0. The van der Waals surface area contributed by atoms with Gasteiger partial charge in [-0.1, -0.05) is 41.9 Å². The van der Waals surface area contributed by atoms with E-state index >= 15 is 0 Å². The maximum Gasteiger partial charge on any atom is 0.124 e. The summed E-state index contributed by atoms with van der Waals surface area (Å²) in [5, 5.41) is 10.6. The van der Waals surface area contributed by atoms with Crippen LogP contribution in [-0.2, 0) is 5.41 Å². The predicted octanol–water partition coefficient (Wildman–Crippen LogP) is 4.34. The summed E-state index contributed by atoms with van der Waals surface area (Å²) in [6.45, 7) is 4.87. The van der Waals surface area contributed by atoms with Gasteiger partial charge in [0, 0.05) is 15.5 Å². The molecule has 2 aromatic carbocycles. The third-order valence-electron chi connectivity index (χ3n) is 3.89. The second-order valence-electron chi connectivity index (χ2n) is 6.00. The number of ether oxygens (including phenoxy) is 1. The normalized spacial score (nSPS) is 17.2. The van der Waals surface area contributed by atoms with Gasteiger partial charge in [0.05, 0.1) is 6.61 Å². The Hall–Kier alpha value is -1.39. The number of fused-ring (bicyclic) bond motifs is 1. The molecule has 2 aromatic rings. The smallest absolute Gasteiger partial charge is 0.124 e. The lowest BCUT2D eigenvalue weighted by molar-refractivity contribution is 0.219. The van der Waals surface area contributed by atoms with E-state index < -0.39 is 6.10 Å². The molecule has 1 unspecified atom stereocenters. The third kappa shape index (κ3) is 2.58. The van der Waals surface area contributed by atoms with E-state index in [0.717, 1.165) is 16.9 Å². The number of hydrogen-bond donors (Lipinski definition) is 1. The molecule has 0 bridgehead atoms. The van der Waals surface area contributed by atoms with Gasteiger partial charge in [-0.05, 0) is 35.4 Å². The zero-order valence-corrected chi connectivity index (χ0v) is 13.4. The van der Waals surface area contributed by atoms with Gasteiger partial charge in [0.15, 0.2) is 0 Å². The molecule has 1 aliphatic heterocycles. The Balaban J connectivity index is 2.01. The summed E-state index contributed by atoms with van der Waals surface area (Å²) in [5.41, 5.74) is 2.45. The zero-order valence-electron chi connectivity index (χ0n) is 11.9. The van der Waals surface area contributed by atoms with Gasteiger partial charge in [0.2, 0.25) is 0 Å². The lowest BCUT2D eigenvalue weighted by Gasteiger charge is -2.18. The summed E-state index contributed by atoms with van der Waals surface area (Å²) in [6, 6.07) is 10.0. The molecule has 0 spiro atoms. The summed E-state index contributed by atoms with van der Waals surface area (Å²) < 4.78 is 19.4. The van der Waals surface area contributed by atoms with Gasteiger partial charge < -0.3 is 9.84 Å². The van der Waals surface area contributed by atoms with Crippen molar-refractivity contribution in [1.82, 2.24) is 0 Å². The van der Waals surface area contributed by atoms with Crippen molar-refractivity contribution in [1.29, 1.82) is 0 Å². The Morgan fingerprint density at radius 3 is 2.71 bits per heavy atom. The molecule has 1 heterocycles. The van der Waals surface area contributed by atoms with Crippen molar-refractivity contribution in [3.8, 4) is 5.75 Å². The van der Waals surface area contributed by atoms with Gasteiger partial charge in [-0.25, -0.2) is 4.39 Å². The Labute approximate surface area is 131 Å². The van der Waals surface area contributed by atoms with E-state index in [2.05, 4.69) is 29.8 Å². The molecule has 0 aliphatic carbocycles. The van der Waals surface area contributed by atoms with Crippen molar-refractivity contribution in [3.63, 3.8) is 0 Å². The van der Waals surface area contributed by atoms with Gasteiger partial charge in [0.1, 0.15) is 17.7 Å². The molecule has 0 fully saturated rings. The van der Waals surface area contributed by atoms with E-state index in [0.29, 0.717) is 16.6 Å². The van der Waals surface area contributed by atoms with E-state index in [9.17, 15) is 9.50 Å². The van der Waals surface area contributed by atoms with Crippen molar-refractivity contribution in [2.45, 2.75) is 25.4 Å². The van der Waals surface area contributed by atoms with Crippen LogP contribution >= 0.6 is 15.9 Å². The van der Waals surface area contributed by atoms with E-state index in [-0.39, 0.29) is 11.2 Å². The van der Waals surface area contributed by atoms with E-state index in [1.54, 1.807) is 6.07 Å². The molecule has 0 amide bonds. The number of rotatable bonds is 2. The van der Waals surface area contributed by atoms with Crippen LogP contribution in [0.3, 0.4) is 0 Å². The van der Waals surface area contributed by atoms with Gasteiger partial charge in [-0.15, -0.1) is 0 Å². The van der Waals surface area contributed by atoms with Crippen molar-refractivity contribution in [2.24, 2.45) is 0 Å². The second kappa shape index (κ2) is 5.11. The zero-order chi connectivity index (χ0) is 15.2. The van der Waals surface area contributed by atoms with Crippen LogP contribution in [0.15, 0.2) is 40.9 Å². The van der Waals surface area contributed by atoms with Crippen LogP contribution in [0.25, 0.3) is 0 Å². The van der Waals surface area contributed by atoms with Crippen molar-refractivity contribution in [3.05, 3.63) is 63.4 Å². The first-order valence-corrected chi connectivity index (χ1v) is 7.58.